The largest absolute Gasteiger partial charge is 0.673 e. The summed E-state index contributed by atoms with van der Waals surface area (Å²) in [6.45, 7) is 3.92. The van der Waals surface area contributed by atoms with E-state index in [1.165, 1.54) is 25.7 Å². The van der Waals surface area contributed by atoms with E-state index in [9.17, 15) is 17.3 Å². The van der Waals surface area contributed by atoms with Crippen molar-refractivity contribution >= 4 is 13.2 Å². The molecular formula is C9H18BF4NO. The summed E-state index contributed by atoms with van der Waals surface area (Å²) in [5, 5.41) is 0. The summed E-state index contributed by atoms with van der Waals surface area (Å²) in [5.74, 6) is 1.10. The van der Waals surface area contributed by atoms with Gasteiger partial charge in [-0.25, -0.2) is 4.99 Å². The van der Waals surface area contributed by atoms with Gasteiger partial charge in [0.2, 0.25) is 0 Å². The summed E-state index contributed by atoms with van der Waals surface area (Å²) in [6.07, 6.45) is 6.40. The molecule has 0 spiro atoms. The molecule has 0 unspecified atom stereocenters. The monoisotopic (exact) mass is 243 g/mol. The summed E-state index contributed by atoms with van der Waals surface area (Å²) >= 11 is 0. The molecule has 0 radical (unpaired) electrons. The number of hydrogen-bond acceptors (Lipinski definition) is 1. The van der Waals surface area contributed by atoms with Crippen LogP contribution < -0.4 is 4.99 Å². The van der Waals surface area contributed by atoms with Crippen LogP contribution in [0, 0.1) is 0 Å². The SMILES string of the molecule is CCOC1=[NH+]CCCCCC1.F[B-](F)(F)F. The first-order valence-electron chi connectivity index (χ1n) is 5.53. The van der Waals surface area contributed by atoms with Crippen molar-refractivity contribution in [2.45, 2.75) is 39.0 Å². The molecule has 0 saturated carbocycles. The summed E-state index contributed by atoms with van der Waals surface area (Å²) in [5.41, 5.74) is 0. The first-order chi connectivity index (χ1) is 7.43. The Labute approximate surface area is 93.2 Å². The Morgan fingerprint density at radius 3 is 2.25 bits per heavy atom. The molecule has 0 aromatic carbocycles. The predicted molar refractivity (Wildman–Crippen MR) is 55.7 cm³/mol. The molecule has 0 bridgehead atoms. The number of ether oxygens (including phenoxy) is 1. The second-order valence-corrected chi connectivity index (χ2v) is 3.44. The van der Waals surface area contributed by atoms with E-state index < -0.39 is 7.25 Å². The van der Waals surface area contributed by atoms with E-state index in [0.717, 1.165) is 25.5 Å². The van der Waals surface area contributed by atoms with Crippen molar-refractivity contribution < 1.29 is 27.0 Å². The van der Waals surface area contributed by atoms with Gasteiger partial charge >= 0.3 is 13.2 Å². The van der Waals surface area contributed by atoms with Gasteiger partial charge in [0.1, 0.15) is 6.54 Å². The lowest BCUT2D eigenvalue weighted by Crippen LogP contribution is -2.74. The average Bonchev–Trinajstić information content (AvgIpc) is 2.06. The molecule has 2 nitrogen and oxygen atoms in total. The van der Waals surface area contributed by atoms with Gasteiger partial charge in [-0.15, -0.1) is 0 Å². The minimum absolute atomic E-state index is 0.794. The van der Waals surface area contributed by atoms with Crippen molar-refractivity contribution in [1.29, 1.82) is 0 Å². The molecule has 0 saturated heterocycles. The average molecular weight is 243 g/mol. The maximum atomic E-state index is 9.75. The number of halogens is 4. The molecule has 96 valence electrons. The highest BCUT2D eigenvalue weighted by Crippen LogP contribution is 2.06. The molecule has 0 aliphatic carbocycles. The second kappa shape index (κ2) is 8.41. The van der Waals surface area contributed by atoms with Gasteiger partial charge in [0.25, 0.3) is 0 Å². The molecule has 7 heteroatoms. The van der Waals surface area contributed by atoms with E-state index in [4.69, 9.17) is 4.74 Å². The lowest BCUT2D eigenvalue weighted by atomic mass is 10.1. The zero-order valence-electron chi connectivity index (χ0n) is 9.45. The maximum Gasteiger partial charge on any atom is 0.673 e. The molecule has 1 heterocycles. The van der Waals surface area contributed by atoms with Gasteiger partial charge in [0.05, 0.1) is 13.0 Å². The Kier molecular flexibility index (Phi) is 8.02. The highest BCUT2D eigenvalue weighted by Gasteiger charge is 2.20. The molecule has 0 atom stereocenters. The molecule has 16 heavy (non-hydrogen) atoms. The fraction of sp³-hybridized carbons (Fsp3) is 0.889. The van der Waals surface area contributed by atoms with Crippen LogP contribution >= 0.6 is 0 Å². The molecule has 0 fully saturated rings. The van der Waals surface area contributed by atoms with Crippen molar-refractivity contribution in [2.24, 2.45) is 0 Å². The van der Waals surface area contributed by atoms with Crippen LogP contribution in [0.2, 0.25) is 0 Å². The highest BCUT2D eigenvalue weighted by atomic mass is 19.5. The third-order valence-corrected chi connectivity index (χ3v) is 1.97. The first kappa shape index (κ1) is 15.3. The van der Waals surface area contributed by atoms with Crippen molar-refractivity contribution in [2.75, 3.05) is 13.2 Å². The molecule has 1 aliphatic rings. The van der Waals surface area contributed by atoms with Crippen molar-refractivity contribution in [1.82, 2.24) is 0 Å². The Morgan fingerprint density at radius 2 is 1.69 bits per heavy atom. The van der Waals surface area contributed by atoms with Crippen molar-refractivity contribution in [3.8, 4) is 0 Å². The van der Waals surface area contributed by atoms with Crippen LogP contribution in [0.25, 0.3) is 0 Å². The van der Waals surface area contributed by atoms with Crippen LogP contribution in [0.5, 0.6) is 0 Å². The van der Waals surface area contributed by atoms with Gasteiger partial charge in [-0.1, -0.05) is 6.42 Å². The quantitative estimate of drug-likeness (QED) is 0.550. The molecular weight excluding hydrogens is 225 g/mol. The third kappa shape index (κ3) is 13.3. The molecule has 0 aromatic rings. The van der Waals surface area contributed by atoms with Gasteiger partial charge in [0.15, 0.2) is 0 Å². The molecule has 0 amide bonds. The fourth-order valence-electron chi connectivity index (χ4n) is 1.38. The molecule has 1 aliphatic heterocycles. The minimum atomic E-state index is -6.00. The van der Waals surface area contributed by atoms with Gasteiger partial charge in [-0.2, -0.15) is 0 Å². The van der Waals surface area contributed by atoms with Crippen molar-refractivity contribution in [3.05, 3.63) is 0 Å². The number of rotatable bonds is 1. The number of hydrogen-bond donors (Lipinski definition) is 1. The Bertz CT molecular complexity index is 202. The van der Waals surface area contributed by atoms with Crippen LogP contribution in [-0.4, -0.2) is 26.3 Å². The Hall–Kier alpha value is -0.745. The lowest BCUT2D eigenvalue weighted by Gasteiger charge is -2.04. The zero-order valence-corrected chi connectivity index (χ0v) is 9.45. The van der Waals surface area contributed by atoms with Crippen LogP contribution in [0.15, 0.2) is 0 Å². The van der Waals surface area contributed by atoms with E-state index in [2.05, 4.69) is 4.99 Å². The second-order valence-electron chi connectivity index (χ2n) is 3.44. The predicted octanol–water partition coefficient (Wildman–Crippen LogP) is 1.77. The van der Waals surface area contributed by atoms with Gasteiger partial charge < -0.3 is 22.0 Å². The van der Waals surface area contributed by atoms with Gasteiger partial charge in [0, 0.05) is 6.42 Å². The third-order valence-electron chi connectivity index (χ3n) is 1.97. The topological polar surface area (TPSA) is 23.2 Å². The Morgan fingerprint density at radius 1 is 1.12 bits per heavy atom. The summed E-state index contributed by atoms with van der Waals surface area (Å²) in [4.78, 5) is 3.32. The van der Waals surface area contributed by atoms with Crippen molar-refractivity contribution in [3.63, 3.8) is 0 Å². The normalized spacial score (nSPS) is 17.4. The maximum absolute atomic E-state index is 9.75. The van der Waals surface area contributed by atoms with E-state index in [0.29, 0.717) is 0 Å². The van der Waals surface area contributed by atoms with Crippen LogP contribution in [0.4, 0.5) is 17.3 Å². The van der Waals surface area contributed by atoms with Gasteiger partial charge in [-0.3, -0.25) is 0 Å². The van der Waals surface area contributed by atoms with Crippen LogP contribution in [-0.2, 0) is 4.74 Å². The van der Waals surface area contributed by atoms with Gasteiger partial charge in [-0.05, 0) is 19.8 Å². The fourth-order valence-corrected chi connectivity index (χ4v) is 1.38. The van der Waals surface area contributed by atoms with Crippen LogP contribution in [0.1, 0.15) is 39.0 Å². The van der Waals surface area contributed by atoms with E-state index in [1.54, 1.807) is 0 Å². The summed E-state index contributed by atoms with van der Waals surface area (Å²) in [6, 6.07) is 0. The van der Waals surface area contributed by atoms with E-state index in [1.807, 2.05) is 6.92 Å². The lowest BCUT2D eigenvalue weighted by molar-refractivity contribution is -0.470. The zero-order chi connectivity index (χ0) is 12.4. The molecule has 1 N–H and O–H groups in total. The summed E-state index contributed by atoms with van der Waals surface area (Å²) < 4.78 is 44.4. The standard InChI is InChI=1S/C9H17NO.BF4/c1-2-11-9-7-5-3-4-6-8-10-9;2-1(3,4)5/h2-8H2,1H3;/q;-1/p+1. The highest BCUT2D eigenvalue weighted by molar-refractivity contribution is 6.50. The summed E-state index contributed by atoms with van der Waals surface area (Å²) in [7, 11) is -6.00. The number of nitrogens with one attached hydrogen (secondary N) is 1. The van der Waals surface area contributed by atoms with Crippen LogP contribution in [0.3, 0.4) is 0 Å². The first-order valence-corrected chi connectivity index (χ1v) is 5.53. The Balaban J connectivity index is 0.000000385. The minimum Gasteiger partial charge on any atom is -0.448 e. The molecule has 0 aromatic heterocycles. The smallest absolute Gasteiger partial charge is 0.448 e. The molecule has 1 rings (SSSR count). The van der Waals surface area contributed by atoms with E-state index in [-0.39, 0.29) is 0 Å². The van der Waals surface area contributed by atoms with E-state index >= 15 is 0 Å².